The van der Waals surface area contributed by atoms with Gasteiger partial charge in [-0.15, -0.1) is 6.42 Å². The van der Waals surface area contributed by atoms with Crippen LogP contribution in [-0.2, 0) is 4.79 Å². The fourth-order valence-corrected chi connectivity index (χ4v) is 1.30. The van der Waals surface area contributed by atoms with E-state index in [1.54, 1.807) is 6.07 Å². The molecule has 1 heterocycles. The van der Waals surface area contributed by atoms with E-state index in [0.29, 0.717) is 11.7 Å². The van der Waals surface area contributed by atoms with Crippen molar-refractivity contribution in [3.63, 3.8) is 0 Å². The van der Waals surface area contributed by atoms with E-state index in [0.717, 1.165) is 0 Å². The van der Waals surface area contributed by atoms with E-state index >= 15 is 0 Å². The molecule has 1 aromatic heterocycles. The Kier molecular flexibility index (Phi) is 4.93. The van der Waals surface area contributed by atoms with Gasteiger partial charge in [0.1, 0.15) is 18.7 Å². The molecule has 18 heavy (non-hydrogen) atoms. The Labute approximate surface area is 106 Å². The molecule has 0 aliphatic rings. The highest BCUT2D eigenvalue weighted by Crippen LogP contribution is 2.16. The first kappa shape index (κ1) is 13.8. The molecular weight excluding hydrogens is 234 g/mol. The first-order chi connectivity index (χ1) is 8.52. The van der Waals surface area contributed by atoms with Crippen molar-refractivity contribution in [2.45, 2.75) is 20.0 Å². The van der Waals surface area contributed by atoms with Crippen LogP contribution in [0.5, 0.6) is 5.88 Å². The summed E-state index contributed by atoms with van der Waals surface area (Å²) in [5, 5.41) is 8.80. The zero-order valence-corrected chi connectivity index (χ0v) is 10.3. The van der Waals surface area contributed by atoms with Gasteiger partial charge in [0.15, 0.2) is 0 Å². The zero-order chi connectivity index (χ0) is 13.5. The van der Waals surface area contributed by atoms with Crippen LogP contribution in [0.25, 0.3) is 0 Å². The monoisotopic (exact) mass is 249 g/mol. The summed E-state index contributed by atoms with van der Waals surface area (Å²) < 4.78 is 5.41. The number of aromatic nitrogens is 2. The molecule has 0 atom stereocenters. The third-order valence-corrected chi connectivity index (χ3v) is 1.92. The van der Waals surface area contributed by atoms with Crippen molar-refractivity contribution in [1.29, 1.82) is 0 Å². The van der Waals surface area contributed by atoms with Gasteiger partial charge in [-0.1, -0.05) is 5.92 Å². The van der Waals surface area contributed by atoms with Gasteiger partial charge in [0, 0.05) is 6.07 Å². The molecule has 0 aliphatic carbocycles. The number of terminal acetylenes is 1. The minimum atomic E-state index is -0.977. The fourth-order valence-electron chi connectivity index (χ4n) is 1.30. The highest BCUT2D eigenvalue weighted by atomic mass is 16.5. The summed E-state index contributed by atoms with van der Waals surface area (Å²) in [6.45, 7) is 3.68. The predicted octanol–water partition coefficient (Wildman–Crippen LogP) is 0.788. The van der Waals surface area contributed by atoms with E-state index in [2.05, 4.69) is 15.9 Å². The average molecular weight is 249 g/mol. The Morgan fingerprint density at radius 3 is 2.89 bits per heavy atom. The molecule has 0 aliphatic heterocycles. The van der Waals surface area contributed by atoms with Gasteiger partial charge in [-0.05, 0) is 13.8 Å². The molecule has 1 aromatic rings. The number of carbonyl (C=O) groups is 1. The van der Waals surface area contributed by atoms with Crippen molar-refractivity contribution in [3.8, 4) is 18.2 Å². The van der Waals surface area contributed by atoms with Crippen LogP contribution in [0.1, 0.15) is 13.8 Å². The van der Waals surface area contributed by atoms with Crippen LogP contribution in [0.15, 0.2) is 12.4 Å². The second-order valence-electron chi connectivity index (χ2n) is 3.83. The van der Waals surface area contributed by atoms with E-state index in [-0.39, 0.29) is 19.2 Å². The van der Waals surface area contributed by atoms with Crippen LogP contribution in [0.4, 0.5) is 5.82 Å². The van der Waals surface area contributed by atoms with E-state index < -0.39 is 5.97 Å². The van der Waals surface area contributed by atoms with Crippen LogP contribution < -0.4 is 9.64 Å². The Hall–Kier alpha value is -2.29. The molecule has 96 valence electrons. The summed E-state index contributed by atoms with van der Waals surface area (Å²) in [5.74, 6) is 2.24. The lowest BCUT2D eigenvalue weighted by atomic mass is 10.4. The summed E-state index contributed by atoms with van der Waals surface area (Å²) in [6.07, 6.45) is 6.50. The van der Waals surface area contributed by atoms with Crippen molar-refractivity contribution in [2.24, 2.45) is 0 Å². The van der Waals surface area contributed by atoms with Crippen LogP contribution in [0, 0.1) is 12.3 Å². The van der Waals surface area contributed by atoms with Gasteiger partial charge < -0.3 is 14.7 Å². The van der Waals surface area contributed by atoms with Crippen molar-refractivity contribution in [3.05, 3.63) is 12.4 Å². The number of aliphatic carboxylic acids is 1. The van der Waals surface area contributed by atoms with Gasteiger partial charge in [0.2, 0.25) is 5.88 Å². The molecule has 1 rings (SSSR count). The van der Waals surface area contributed by atoms with Gasteiger partial charge in [0.05, 0.1) is 12.6 Å². The molecule has 6 heteroatoms. The van der Waals surface area contributed by atoms with Crippen molar-refractivity contribution in [2.75, 3.05) is 18.0 Å². The number of rotatable bonds is 6. The van der Waals surface area contributed by atoms with E-state index in [9.17, 15) is 4.79 Å². The van der Waals surface area contributed by atoms with Crippen molar-refractivity contribution >= 4 is 11.8 Å². The largest absolute Gasteiger partial charge is 0.480 e. The summed E-state index contributed by atoms with van der Waals surface area (Å²) in [5.41, 5.74) is 0. The van der Waals surface area contributed by atoms with E-state index in [1.807, 2.05) is 13.8 Å². The molecule has 0 saturated carbocycles. The second-order valence-corrected chi connectivity index (χ2v) is 3.83. The van der Waals surface area contributed by atoms with Crippen LogP contribution >= 0.6 is 0 Å². The summed E-state index contributed by atoms with van der Waals surface area (Å²) in [7, 11) is 0. The molecule has 0 radical (unpaired) electrons. The smallest absolute Gasteiger partial charge is 0.323 e. The quantitative estimate of drug-likeness (QED) is 0.751. The third kappa shape index (κ3) is 4.29. The van der Waals surface area contributed by atoms with Gasteiger partial charge in [-0.25, -0.2) is 9.97 Å². The lowest BCUT2D eigenvalue weighted by Crippen LogP contribution is -2.30. The SMILES string of the molecule is C#CCN(CC(=O)O)c1cc(OC(C)C)ncn1. The van der Waals surface area contributed by atoms with Crippen LogP contribution in [-0.4, -0.2) is 40.2 Å². The van der Waals surface area contributed by atoms with Gasteiger partial charge in [0.25, 0.3) is 0 Å². The van der Waals surface area contributed by atoms with Gasteiger partial charge >= 0.3 is 5.97 Å². The molecule has 1 N–H and O–H groups in total. The Morgan fingerprint density at radius 1 is 1.61 bits per heavy atom. The number of carboxylic acids is 1. The van der Waals surface area contributed by atoms with E-state index in [1.165, 1.54) is 11.2 Å². The number of anilines is 1. The second kappa shape index (κ2) is 6.45. The highest BCUT2D eigenvalue weighted by Gasteiger charge is 2.12. The number of nitrogens with zero attached hydrogens (tertiary/aromatic N) is 3. The molecular formula is C12H15N3O3. The first-order valence-corrected chi connectivity index (χ1v) is 5.42. The van der Waals surface area contributed by atoms with Crippen LogP contribution in [0.2, 0.25) is 0 Å². The zero-order valence-electron chi connectivity index (χ0n) is 10.3. The lowest BCUT2D eigenvalue weighted by molar-refractivity contribution is -0.135. The Bertz CT molecular complexity index is 454. The number of carboxylic acid groups (broad SMARTS) is 1. The minimum Gasteiger partial charge on any atom is -0.480 e. The first-order valence-electron chi connectivity index (χ1n) is 5.42. The van der Waals surface area contributed by atoms with Gasteiger partial charge in [-0.2, -0.15) is 0 Å². The standard InChI is InChI=1S/C12H15N3O3/c1-4-5-15(7-12(16)17)10-6-11(14-8-13-10)18-9(2)3/h1,6,8-9H,5,7H2,2-3H3,(H,16,17). The maximum Gasteiger partial charge on any atom is 0.323 e. The Morgan fingerprint density at radius 2 is 2.33 bits per heavy atom. The molecule has 0 bridgehead atoms. The van der Waals surface area contributed by atoms with Gasteiger partial charge in [-0.3, -0.25) is 4.79 Å². The highest BCUT2D eigenvalue weighted by molar-refractivity contribution is 5.73. The third-order valence-electron chi connectivity index (χ3n) is 1.92. The van der Waals surface area contributed by atoms with Crippen molar-refractivity contribution in [1.82, 2.24) is 9.97 Å². The molecule has 0 aromatic carbocycles. The number of hydrogen-bond donors (Lipinski definition) is 1. The topological polar surface area (TPSA) is 75.6 Å². The number of ether oxygens (including phenoxy) is 1. The minimum absolute atomic E-state index is 0.0201. The number of hydrogen-bond acceptors (Lipinski definition) is 5. The average Bonchev–Trinajstić information content (AvgIpc) is 2.27. The maximum atomic E-state index is 10.7. The van der Waals surface area contributed by atoms with Crippen molar-refractivity contribution < 1.29 is 14.6 Å². The summed E-state index contributed by atoms with van der Waals surface area (Å²) in [4.78, 5) is 20.1. The fraction of sp³-hybridized carbons (Fsp3) is 0.417. The normalized spacial score (nSPS) is 9.89. The molecule has 0 fully saturated rings. The molecule has 0 spiro atoms. The van der Waals surface area contributed by atoms with E-state index in [4.69, 9.17) is 16.3 Å². The molecule has 0 saturated heterocycles. The molecule has 0 amide bonds. The molecule has 0 unspecified atom stereocenters. The maximum absolute atomic E-state index is 10.7. The van der Waals surface area contributed by atoms with Crippen LogP contribution in [0.3, 0.4) is 0 Å². The predicted molar refractivity (Wildman–Crippen MR) is 66.5 cm³/mol. The summed E-state index contributed by atoms with van der Waals surface area (Å²) in [6, 6.07) is 1.57. The lowest BCUT2D eigenvalue weighted by Gasteiger charge is -2.19. The molecule has 6 nitrogen and oxygen atoms in total. The summed E-state index contributed by atoms with van der Waals surface area (Å²) >= 11 is 0. The Balaban J connectivity index is 2.90.